The zero-order valence-electron chi connectivity index (χ0n) is 10.4. The van der Waals surface area contributed by atoms with Crippen LogP contribution in [0.4, 0.5) is 0 Å². The highest BCUT2D eigenvalue weighted by Crippen LogP contribution is 2.49. The van der Waals surface area contributed by atoms with Crippen LogP contribution < -0.4 is 0 Å². The molecule has 1 saturated carbocycles. The van der Waals surface area contributed by atoms with E-state index in [2.05, 4.69) is 13.8 Å². The van der Waals surface area contributed by atoms with Crippen LogP contribution in [0, 0.1) is 11.3 Å². The summed E-state index contributed by atoms with van der Waals surface area (Å²) in [5.41, 5.74) is 0.427. The number of rotatable bonds is 8. The second kappa shape index (κ2) is 6.30. The lowest BCUT2D eigenvalue weighted by Gasteiger charge is -2.43. The van der Waals surface area contributed by atoms with Gasteiger partial charge in [-0.3, -0.25) is 0 Å². The van der Waals surface area contributed by atoms with Crippen LogP contribution in [0.15, 0.2) is 0 Å². The summed E-state index contributed by atoms with van der Waals surface area (Å²) in [5.74, 6) is 0.866. The Balaban J connectivity index is 2.37. The molecule has 1 rings (SSSR count). The molecule has 1 unspecified atom stereocenters. The summed E-state index contributed by atoms with van der Waals surface area (Å²) in [6, 6.07) is 0. The lowest BCUT2D eigenvalue weighted by Crippen LogP contribution is -2.32. The first-order valence-electron chi connectivity index (χ1n) is 6.70. The van der Waals surface area contributed by atoms with Gasteiger partial charge in [0, 0.05) is 6.42 Å². The number of hydrogen-bond acceptors (Lipinski definition) is 1. The third-order valence-corrected chi connectivity index (χ3v) is 4.20. The number of carbonyl (C=O) groups excluding carboxylic acids is 1. The van der Waals surface area contributed by atoms with Crippen LogP contribution >= 0.6 is 0 Å². The molecule has 0 aromatic heterocycles. The van der Waals surface area contributed by atoms with Crippen molar-refractivity contribution < 1.29 is 4.79 Å². The molecule has 0 radical (unpaired) electrons. The highest BCUT2D eigenvalue weighted by atomic mass is 16.1. The van der Waals surface area contributed by atoms with Gasteiger partial charge in [-0.2, -0.15) is 0 Å². The minimum Gasteiger partial charge on any atom is -0.303 e. The van der Waals surface area contributed by atoms with E-state index in [0.29, 0.717) is 5.41 Å². The van der Waals surface area contributed by atoms with Crippen LogP contribution in [0.1, 0.15) is 71.6 Å². The zero-order chi connectivity index (χ0) is 11.1. The van der Waals surface area contributed by atoms with Gasteiger partial charge in [0.15, 0.2) is 0 Å². The van der Waals surface area contributed by atoms with E-state index in [1.54, 1.807) is 0 Å². The molecule has 1 atom stereocenters. The van der Waals surface area contributed by atoms with E-state index in [1.807, 2.05) is 0 Å². The molecule has 0 aliphatic heterocycles. The Bertz CT molecular complexity index is 182. The van der Waals surface area contributed by atoms with Gasteiger partial charge >= 0.3 is 0 Å². The first-order chi connectivity index (χ1) is 7.26. The Morgan fingerprint density at radius 1 is 1.33 bits per heavy atom. The third kappa shape index (κ3) is 3.62. The minimum atomic E-state index is 0.427. The molecular weight excluding hydrogens is 184 g/mol. The van der Waals surface area contributed by atoms with Gasteiger partial charge in [0.1, 0.15) is 6.29 Å². The van der Waals surface area contributed by atoms with Gasteiger partial charge in [-0.15, -0.1) is 0 Å². The van der Waals surface area contributed by atoms with Crippen LogP contribution in [0.3, 0.4) is 0 Å². The van der Waals surface area contributed by atoms with Gasteiger partial charge in [-0.25, -0.2) is 0 Å². The van der Waals surface area contributed by atoms with Crippen LogP contribution in [-0.4, -0.2) is 6.29 Å². The average Bonchev–Trinajstić information content (AvgIpc) is 2.20. The topological polar surface area (TPSA) is 17.1 Å². The summed E-state index contributed by atoms with van der Waals surface area (Å²) in [6.45, 7) is 4.56. The molecule has 1 fully saturated rings. The van der Waals surface area contributed by atoms with Crippen LogP contribution in [0.5, 0.6) is 0 Å². The molecule has 0 aromatic rings. The van der Waals surface area contributed by atoms with Gasteiger partial charge in [0.2, 0.25) is 0 Å². The van der Waals surface area contributed by atoms with Crippen molar-refractivity contribution in [3.05, 3.63) is 0 Å². The normalized spacial score (nSPS) is 20.7. The molecular formula is C14H26O. The SMILES string of the molecule is CCCCC(CC)CC1(CC=O)CCC1. The predicted molar refractivity (Wildman–Crippen MR) is 64.9 cm³/mol. The van der Waals surface area contributed by atoms with E-state index in [1.165, 1.54) is 51.4 Å². The maximum atomic E-state index is 10.7. The van der Waals surface area contributed by atoms with Crippen molar-refractivity contribution >= 4 is 6.29 Å². The monoisotopic (exact) mass is 210 g/mol. The van der Waals surface area contributed by atoms with E-state index in [4.69, 9.17) is 0 Å². The van der Waals surface area contributed by atoms with Crippen molar-refractivity contribution in [3.8, 4) is 0 Å². The number of hydrogen-bond donors (Lipinski definition) is 0. The van der Waals surface area contributed by atoms with E-state index in [0.717, 1.165) is 18.6 Å². The maximum Gasteiger partial charge on any atom is 0.120 e. The smallest absolute Gasteiger partial charge is 0.120 e. The summed E-state index contributed by atoms with van der Waals surface area (Å²) in [6.07, 6.45) is 12.5. The molecule has 0 heterocycles. The third-order valence-electron chi connectivity index (χ3n) is 4.20. The molecule has 0 amide bonds. The maximum absolute atomic E-state index is 10.7. The predicted octanol–water partition coefficient (Wildman–Crippen LogP) is 4.35. The summed E-state index contributed by atoms with van der Waals surface area (Å²) in [7, 11) is 0. The fourth-order valence-corrected chi connectivity index (χ4v) is 2.90. The number of aldehydes is 1. The van der Waals surface area contributed by atoms with Crippen LogP contribution in [-0.2, 0) is 4.79 Å². The molecule has 1 aliphatic rings. The van der Waals surface area contributed by atoms with E-state index in [9.17, 15) is 4.79 Å². The number of carbonyl (C=O) groups is 1. The van der Waals surface area contributed by atoms with Gasteiger partial charge < -0.3 is 4.79 Å². The lowest BCUT2D eigenvalue weighted by molar-refractivity contribution is -0.111. The van der Waals surface area contributed by atoms with Crippen molar-refractivity contribution in [1.29, 1.82) is 0 Å². The summed E-state index contributed by atoms with van der Waals surface area (Å²) < 4.78 is 0. The van der Waals surface area contributed by atoms with Crippen molar-refractivity contribution in [2.45, 2.75) is 71.6 Å². The molecule has 88 valence electrons. The highest BCUT2D eigenvalue weighted by Gasteiger charge is 2.37. The Morgan fingerprint density at radius 3 is 2.47 bits per heavy atom. The summed E-state index contributed by atoms with van der Waals surface area (Å²) in [4.78, 5) is 10.7. The lowest BCUT2D eigenvalue weighted by atomic mass is 9.62. The molecule has 0 spiro atoms. The van der Waals surface area contributed by atoms with Gasteiger partial charge in [0.25, 0.3) is 0 Å². The molecule has 15 heavy (non-hydrogen) atoms. The highest BCUT2D eigenvalue weighted by molar-refractivity contribution is 5.51. The van der Waals surface area contributed by atoms with Gasteiger partial charge in [-0.1, -0.05) is 46.0 Å². The molecule has 1 nitrogen and oxygen atoms in total. The molecule has 0 bridgehead atoms. The second-order valence-electron chi connectivity index (χ2n) is 5.34. The van der Waals surface area contributed by atoms with Gasteiger partial charge in [0.05, 0.1) is 0 Å². The molecule has 0 N–H and O–H groups in total. The van der Waals surface area contributed by atoms with Crippen LogP contribution in [0.2, 0.25) is 0 Å². The Kier molecular flexibility index (Phi) is 5.35. The zero-order valence-corrected chi connectivity index (χ0v) is 10.4. The molecule has 1 heteroatoms. The van der Waals surface area contributed by atoms with Crippen LogP contribution in [0.25, 0.3) is 0 Å². The Labute approximate surface area is 94.6 Å². The average molecular weight is 210 g/mol. The molecule has 1 aliphatic carbocycles. The van der Waals surface area contributed by atoms with Crippen molar-refractivity contribution in [3.63, 3.8) is 0 Å². The first-order valence-corrected chi connectivity index (χ1v) is 6.70. The van der Waals surface area contributed by atoms with E-state index < -0.39 is 0 Å². The van der Waals surface area contributed by atoms with Gasteiger partial charge in [-0.05, 0) is 30.6 Å². The number of unbranched alkanes of at least 4 members (excludes halogenated alkanes) is 1. The standard InChI is InChI=1S/C14H26O/c1-3-5-7-13(4-2)12-14(10-11-15)8-6-9-14/h11,13H,3-10,12H2,1-2H3. The minimum absolute atomic E-state index is 0.427. The Hall–Kier alpha value is -0.330. The fourth-order valence-electron chi connectivity index (χ4n) is 2.90. The first kappa shape index (κ1) is 12.7. The summed E-state index contributed by atoms with van der Waals surface area (Å²) in [5, 5.41) is 0. The fraction of sp³-hybridized carbons (Fsp3) is 0.929. The summed E-state index contributed by atoms with van der Waals surface area (Å²) >= 11 is 0. The van der Waals surface area contributed by atoms with Crippen molar-refractivity contribution in [2.75, 3.05) is 0 Å². The quantitative estimate of drug-likeness (QED) is 0.544. The van der Waals surface area contributed by atoms with E-state index >= 15 is 0 Å². The molecule has 0 saturated heterocycles. The van der Waals surface area contributed by atoms with Crippen molar-refractivity contribution in [2.24, 2.45) is 11.3 Å². The van der Waals surface area contributed by atoms with Crippen molar-refractivity contribution in [1.82, 2.24) is 0 Å². The molecule has 0 aromatic carbocycles. The second-order valence-corrected chi connectivity index (χ2v) is 5.34. The largest absolute Gasteiger partial charge is 0.303 e. The Morgan fingerprint density at radius 2 is 2.07 bits per heavy atom. The van der Waals surface area contributed by atoms with E-state index in [-0.39, 0.29) is 0 Å².